The zero-order valence-corrected chi connectivity index (χ0v) is 17.1. The lowest BCUT2D eigenvalue weighted by Gasteiger charge is -2.15. The van der Waals surface area contributed by atoms with Gasteiger partial charge in [0.2, 0.25) is 0 Å². The first kappa shape index (κ1) is 19.2. The van der Waals surface area contributed by atoms with Crippen LogP contribution in [0, 0.1) is 0 Å². The Bertz CT molecular complexity index is 971. The summed E-state index contributed by atoms with van der Waals surface area (Å²) in [6.45, 7) is 4.20. The molecule has 0 amide bonds. The van der Waals surface area contributed by atoms with E-state index in [9.17, 15) is 4.79 Å². The van der Waals surface area contributed by atoms with Gasteiger partial charge in [0.25, 0.3) is 0 Å². The van der Waals surface area contributed by atoms with E-state index in [1.807, 2.05) is 24.3 Å². The van der Waals surface area contributed by atoms with Crippen LogP contribution in [0.15, 0.2) is 47.1 Å². The van der Waals surface area contributed by atoms with E-state index < -0.39 is 5.97 Å². The molecule has 0 bridgehead atoms. The Morgan fingerprint density at radius 1 is 1.19 bits per heavy atom. The zero-order chi connectivity index (χ0) is 19.4. The number of rotatable bonds is 6. The molecule has 3 rings (SSSR count). The number of nitrogens with one attached hydrogen (secondary N) is 1. The predicted molar refractivity (Wildman–Crippen MR) is 111 cm³/mol. The van der Waals surface area contributed by atoms with Gasteiger partial charge in [0.05, 0.1) is 29.4 Å². The maximum absolute atomic E-state index is 12.5. The van der Waals surface area contributed by atoms with Crippen molar-refractivity contribution in [3.63, 3.8) is 0 Å². The number of pyridine rings is 1. The van der Waals surface area contributed by atoms with Crippen molar-refractivity contribution < 1.29 is 14.3 Å². The molecular formula is C21H21BrN2O3. The normalized spacial score (nSPS) is 10.7. The maximum atomic E-state index is 12.5. The largest absolute Gasteiger partial charge is 0.495 e. The Balaban J connectivity index is 2.15. The van der Waals surface area contributed by atoms with Crippen LogP contribution < -0.4 is 10.1 Å². The number of hydrogen-bond acceptors (Lipinski definition) is 5. The van der Waals surface area contributed by atoms with Crippen LogP contribution in [0.4, 0.5) is 11.4 Å². The molecular weight excluding hydrogens is 408 g/mol. The van der Waals surface area contributed by atoms with Gasteiger partial charge >= 0.3 is 5.97 Å². The minimum absolute atomic E-state index is 0.299. The van der Waals surface area contributed by atoms with Crippen LogP contribution >= 0.6 is 15.9 Å². The van der Waals surface area contributed by atoms with Gasteiger partial charge in [-0.05, 0) is 53.0 Å². The van der Waals surface area contributed by atoms with Gasteiger partial charge in [-0.1, -0.05) is 19.1 Å². The molecule has 0 radical (unpaired) electrons. The Kier molecular flexibility index (Phi) is 5.96. The molecule has 6 heteroatoms. The van der Waals surface area contributed by atoms with Crippen molar-refractivity contribution in [2.24, 2.45) is 0 Å². The highest BCUT2D eigenvalue weighted by atomic mass is 79.9. The van der Waals surface area contributed by atoms with Gasteiger partial charge in [-0.25, -0.2) is 4.79 Å². The molecule has 2 aromatic carbocycles. The second-order valence-electron chi connectivity index (χ2n) is 5.95. The lowest BCUT2D eigenvalue weighted by molar-refractivity contribution is 0.0527. The number of nitrogens with zero attached hydrogens (tertiary/aromatic N) is 1. The van der Waals surface area contributed by atoms with E-state index in [1.54, 1.807) is 14.0 Å². The Hall–Kier alpha value is -2.60. The average Bonchev–Trinajstić information content (AvgIpc) is 2.68. The number of fused-ring (bicyclic) bond motifs is 1. The first-order valence-corrected chi connectivity index (χ1v) is 9.56. The number of aryl methyl sites for hydroxylation is 1. The van der Waals surface area contributed by atoms with E-state index in [-0.39, 0.29) is 0 Å². The molecule has 0 aliphatic carbocycles. The summed E-state index contributed by atoms with van der Waals surface area (Å²) in [6.07, 6.45) is 2.51. The van der Waals surface area contributed by atoms with Gasteiger partial charge in [0.15, 0.2) is 0 Å². The smallest absolute Gasteiger partial charge is 0.341 e. The van der Waals surface area contributed by atoms with Crippen molar-refractivity contribution in [1.82, 2.24) is 4.98 Å². The lowest BCUT2D eigenvalue weighted by atomic mass is 10.1. The van der Waals surface area contributed by atoms with Gasteiger partial charge in [0.1, 0.15) is 11.3 Å². The molecule has 0 saturated carbocycles. The molecule has 0 atom stereocenters. The molecule has 0 saturated heterocycles. The number of benzene rings is 2. The quantitative estimate of drug-likeness (QED) is 0.526. The third-order valence-corrected chi connectivity index (χ3v) is 4.89. The average molecular weight is 429 g/mol. The molecule has 1 N–H and O–H groups in total. The number of aromatic nitrogens is 1. The van der Waals surface area contributed by atoms with Crippen LogP contribution in [0.25, 0.3) is 10.9 Å². The molecule has 0 aliphatic heterocycles. The standard InChI is InChI=1S/C21H21BrN2O3/c1-4-13-6-8-14(9-7-13)24-20-15-10-17(22)19(26-3)11-18(15)23-12-16(20)21(25)27-5-2/h6-12H,4-5H2,1-3H3,(H,23,24). The van der Waals surface area contributed by atoms with Crippen LogP contribution in [0.2, 0.25) is 0 Å². The van der Waals surface area contributed by atoms with Crippen molar-refractivity contribution in [3.8, 4) is 5.75 Å². The number of anilines is 2. The number of methoxy groups -OCH3 is 1. The van der Waals surface area contributed by atoms with Crippen LogP contribution in [0.5, 0.6) is 5.75 Å². The van der Waals surface area contributed by atoms with E-state index >= 15 is 0 Å². The highest BCUT2D eigenvalue weighted by Crippen LogP contribution is 2.36. The summed E-state index contributed by atoms with van der Waals surface area (Å²) in [7, 11) is 1.60. The summed E-state index contributed by atoms with van der Waals surface area (Å²) in [6, 6.07) is 11.9. The summed E-state index contributed by atoms with van der Waals surface area (Å²) in [4.78, 5) is 16.9. The van der Waals surface area contributed by atoms with Crippen LogP contribution in [-0.4, -0.2) is 24.7 Å². The maximum Gasteiger partial charge on any atom is 0.341 e. The summed E-state index contributed by atoms with van der Waals surface area (Å²) in [5.41, 5.74) is 3.90. The minimum Gasteiger partial charge on any atom is -0.495 e. The first-order valence-electron chi connectivity index (χ1n) is 8.76. The monoisotopic (exact) mass is 428 g/mol. The Labute approximate surface area is 166 Å². The summed E-state index contributed by atoms with van der Waals surface area (Å²) < 4.78 is 11.3. The molecule has 0 unspecified atom stereocenters. The summed E-state index contributed by atoms with van der Waals surface area (Å²) in [5.74, 6) is 0.267. The summed E-state index contributed by atoms with van der Waals surface area (Å²) >= 11 is 3.51. The van der Waals surface area contributed by atoms with Crippen molar-refractivity contribution in [1.29, 1.82) is 0 Å². The van der Waals surface area contributed by atoms with Crippen molar-refractivity contribution in [2.75, 3.05) is 19.0 Å². The molecule has 0 aliphatic rings. The molecule has 0 fully saturated rings. The number of esters is 1. The Morgan fingerprint density at radius 3 is 2.56 bits per heavy atom. The topological polar surface area (TPSA) is 60.5 Å². The van der Waals surface area contributed by atoms with Crippen molar-refractivity contribution in [3.05, 3.63) is 58.2 Å². The fourth-order valence-corrected chi connectivity index (χ4v) is 3.32. The van der Waals surface area contributed by atoms with Gasteiger partial charge in [-0.3, -0.25) is 4.98 Å². The van der Waals surface area contributed by atoms with E-state index in [1.165, 1.54) is 11.8 Å². The molecule has 1 heterocycles. The van der Waals surface area contributed by atoms with Gasteiger partial charge in [0, 0.05) is 23.3 Å². The van der Waals surface area contributed by atoms with Crippen molar-refractivity contribution >= 4 is 44.2 Å². The number of hydrogen-bond donors (Lipinski definition) is 1. The van der Waals surface area contributed by atoms with Crippen molar-refractivity contribution in [2.45, 2.75) is 20.3 Å². The fourth-order valence-electron chi connectivity index (χ4n) is 2.82. The van der Waals surface area contributed by atoms with Gasteiger partial charge < -0.3 is 14.8 Å². The highest BCUT2D eigenvalue weighted by Gasteiger charge is 2.18. The third kappa shape index (κ3) is 4.06. The first-order chi connectivity index (χ1) is 13.1. The van der Waals surface area contributed by atoms with Crippen LogP contribution in [-0.2, 0) is 11.2 Å². The molecule has 1 aromatic heterocycles. The number of carbonyl (C=O) groups is 1. The van der Waals surface area contributed by atoms with E-state index in [0.29, 0.717) is 23.6 Å². The number of halogens is 1. The van der Waals surface area contributed by atoms with E-state index in [4.69, 9.17) is 9.47 Å². The zero-order valence-electron chi connectivity index (χ0n) is 15.5. The number of ether oxygens (including phenoxy) is 2. The van der Waals surface area contributed by atoms with Crippen LogP contribution in [0.1, 0.15) is 29.8 Å². The number of carbonyl (C=O) groups excluding carboxylic acids is 1. The second-order valence-corrected chi connectivity index (χ2v) is 6.80. The SMILES string of the molecule is CCOC(=O)c1cnc2cc(OC)c(Br)cc2c1Nc1ccc(CC)cc1. The third-order valence-electron chi connectivity index (χ3n) is 4.27. The predicted octanol–water partition coefficient (Wildman–Crippen LogP) is 5.49. The fraction of sp³-hybridized carbons (Fsp3) is 0.238. The molecule has 0 spiro atoms. The highest BCUT2D eigenvalue weighted by molar-refractivity contribution is 9.10. The van der Waals surface area contributed by atoms with Gasteiger partial charge in [-0.2, -0.15) is 0 Å². The van der Waals surface area contributed by atoms with E-state index in [0.717, 1.165) is 27.5 Å². The molecule has 5 nitrogen and oxygen atoms in total. The lowest BCUT2D eigenvalue weighted by Crippen LogP contribution is -2.09. The van der Waals surface area contributed by atoms with E-state index in [2.05, 4.69) is 45.3 Å². The molecule has 27 heavy (non-hydrogen) atoms. The van der Waals surface area contributed by atoms with Crippen LogP contribution in [0.3, 0.4) is 0 Å². The molecule has 140 valence electrons. The minimum atomic E-state index is -0.411. The second kappa shape index (κ2) is 8.39. The molecule has 3 aromatic rings. The summed E-state index contributed by atoms with van der Waals surface area (Å²) in [5, 5.41) is 4.17. The van der Waals surface area contributed by atoms with Gasteiger partial charge in [-0.15, -0.1) is 0 Å². The Morgan fingerprint density at radius 2 is 1.93 bits per heavy atom.